The van der Waals surface area contributed by atoms with Crippen molar-refractivity contribution >= 4 is 34.9 Å². The van der Waals surface area contributed by atoms with Crippen molar-refractivity contribution in [2.24, 2.45) is 0 Å². The maximum atomic E-state index is 13.5. The number of halogens is 5. The van der Waals surface area contributed by atoms with Crippen molar-refractivity contribution in [1.82, 2.24) is 9.88 Å². The quantitative estimate of drug-likeness (QED) is 0.396. The second kappa shape index (κ2) is 8.63. The van der Waals surface area contributed by atoms with Gasteiger partial charge < -0.3 is 15.2 Å². The van der Waals surface area contributed by atoms with Gasteiger partial charge in [0.25, 0.3) is 17.6 Å². The van der Waals surface area contributed by atoms with Crippen LogP contribution in [0.2, 0.25) is 5.02 Å². The first-order valence-corrected chi connectivity index (χ1v) is 9.67. The lowest BCUT2D eigenvalue weighted by atomic mass is 10.1. The number of anilines is 1. The van der Waals surface area contributed by atoms with E-state index in [0.717, 1.165) is 12.1 Å². The summed E-state index contributed by atoms with van der Waals surface area (Å²) in [5, 5.41) is 12.6. The van der Waals surface area contributed by atoms with Crippen LogP contribution in [0.3, 0.4) is 0 Å². The second-order valence-electron chi connectivity index (χ2n) is 7.07. The highest BCUT2D eigenvalue weighted by Crippen LogP contribution is 2.34. The topological polar surface area (TPSA) is 104 Å². The molecule has 1 aromatic carbocycles. The Morgan fingerprint density at radius 3 is 2.59 bits per heavy atom. The van der Waals surface area contributed by atoms with Crippen LogP contribution in [0.5, 0.6) is 0 Å². The largest absolute Gasteiger partial charge is 0.408 e. The smallest absolute Gasteiger partial charge is 0.339 e. The Bertz CT molecular complexity index is 1170. The maximum Gasteiger partial charge on any atom is 0.408 e. The summed E-state index contributed by atoms with van der Waals surface area (Å²) in [6, 6.07) is 2.68. The minimum atomic E-state index is -4.75. The third-order valence-corrected chi connectivity index (χ3v) is 5.31. The summed E-state index contributed by atoms with van der Waals surface area (Å²) in [7, 11) is 0. The lowest BCUT2D eigenvalue weighted by Crippen LogP contribution is -2.45. The molecular weight excluding hydrogens is 456 g/mol. The molecule has 3 rings (SSSR count). The van der Waals surface area contributed by atoms with Crippen LogP contribution in [0.15, 0.2) is 18.2 Å². The lowest BCUT2D eigenvalue weighted by Gasteiger charge is -2.16. The third-order valence-electron chi connectivity index (χ3n) is 4.94. The normalized spacial score (nSPS) is 13.8. The molecule has 0 radical (unpaired) electrons. The summed E-state index contributed by atoms with van der Waals surface area (Å²) in [5.41, 5.74) is -0.459. The van der Waals surface area contributed by atoms with Crippen LogP contribution in [0.1, 0.15) is 45.4 Å². The van der Waals surface area contributed by atoms with E-state index in [2.05, 4.69) is 5.32 Å². The Balaban J connectivity index is 1.92. The number of nitrogens with zero attached hydrogens (tertiary/aromatic N) is 2. The van der Waals surface area contributed by atoms with Gasteiger partial charge in [0, 0.05) is 17.9 Å². The fraction of sp³-hybridized carbons (Fsp3) is 0.300. The predicted octanol–water partition coefficient (Wildman–Crippen LogP) is 3.60. The van der Waals surface area contributed by atoms with Gasteiger partial charge in [0.1, 0.15) is 23.6 Å². The van der Waals surface area contributed by atoms with Crippen molar-refractivity contribution in [2.75, 3.05) is 5.32 Å². The van der Waals surface area contributed by atoms with Crippen LogP contribution >= 0.6 is 11.6 Å². The van der Waals surface area contributed by atoms with Crippen LogP contribution in [0.4, 0.5) is 23.2 Å². The first-order valence-electron chi connectivity index (χ1n) is 9.29. The number of amides is 2. The van der Waals surface area contributed by atoms with Crippen molar-refractivity contribution in [2.45, 2.75) is 38.5 Å². The van der Waals surface area contributed by atoms with Crippen LogP contribution in [-0.2, 0) is 17.8 Å². The van der Waals surface area contributed by atoms with E-state index in [1.54, 1.807) is 11.4 Å². The number of nitriles is 1. The summed E-state index contributed by atoms with van der Waals surface area (Å²) in [6.07, 6.45) is -3.95. The van der Waals surface area contributed by atoms with E-state index >= 15 is 0 Å². The molecule has 2 amide bonds. The van der Waals surface area contributed by atoms with Crippen LogP contribution in [0.25, 0.3) is 0 Å². The zero-order valence-corrected chi connectivity index (χ0v) is 17.2. The van der Waals surface area contributed by atoms with Crippen LogP contribution in [0, 0.1) is 17.1 Å². The van der Waals surface area contributed by atoms with Gasteiger partial charge in [-0.3, -0.25) is 14.4 Å². The molecule has 7 nitrogen and oxygen atoms in total. The van der Waals surface area contributed by atoms with Gasteiger partial charge >= 0.3 is 6.18 Å². The number of hydrogen-bond donors (Lipinski definition) is 2. The Hall–Kier alpha value is -3.39. The number of Topliss-reactive ketones (excluding diaryl/α,β-unsaturated/α-hetero) is 1. The first-order chi connectivity index (χ1) is 15.0. The fourth-order valence-electron chi connectivity index (χ4n) is 3.33. The molecule has 0 saturated heterocycles. The van der Waals surface area contributed by atoms with E-state index in [9.17, 15) is 31.9 Å². The van der Waals surface area contributed by atoms with E-state index in [4.69, 9.17) is 16.9 Å². The van der Waals surface area contributed by atoms with E-state index < -0.39 is 35.6 Å². The third kappa shape index (κ3) is 4.31. The van der Waals surface area contributed by atoms with Crippen molar-refractivity contribution in [3.8, 4) is 6.07 Å². The number of hydrogen-bond acceptors (Lipinski definition) is 4. The highest BCUT2D eigenvalue weighted by atomic mass is 35.5. The Morgan fingerprint density at radius 1 is 1.28 bits per heavy atom. The molecule has 1 aliphatic rings. The molecule has 12 heteroatoms. The zero-order chi connectivity index (χ0) is 23.8. The second-order valence-corrected chi connectivity index (χ2v) is 7.44. The number of alkyl halides is 3. The molecule has 32 heavy (non-hydrogen) atoms. The highest BCUT2D eigenvalue weighted by Gasteiger charge is 2.40. The molecule has 2 aromatic rings. The minimum absolute atomic E-state index is 0.0854. The van der Waals surface area contributed by atoms with Crippen LogP contribution in [-0.4, -0.2) is 34.4 Å². The lowest BCUT2D eigenvalue weighted by molar-refractivity contribution is -0.156. The highest BCUT2D eigenvalue weighted by molar-refractivity contribution is 6.48. The summed E-state index contributed by atoms with van der Waals surface area (Å²) in [6.45, 7) is 0.979. The molecule has 0 aliphatic carbocycles. The van der Waals surface area contributed by atoms with Gasteiger partial charge in [-0.2, -0.15) is 18.4 Å². The van der Waals surface area contributed by atoms with Crippen LogP contribution < -0.4 is 10.6 Å². The molecule has 1 atom stereocenters. The van der Waals surface area contributed by atoms with Crippen molar-refractivity contribution < 1.29 is 31.9 Å². The van der Waals surface area contributed by atoms with Crippen molar-refractivity contribution in [3.05, 3.63) is 51.6 Å². The molecule has 0 saturated carbocycles. The SMILES string of the molecule is CC(NC(=O)C(=O)c1c(Cl)c(C(=O)Nc2ccc(F)c(C#N)c2)n2c1CCC2)C(F)(F)F. The predicted molar refractivity (Wildman–Crippen MR) is 105 cm³/mol. The van der Waals surface area contributed by atoms with E-state index in [-0.39, 0.29) is 39.6 Å². The molecule has 0 fully saturated rings. The van der Waals surface area contributed by atoms with Crippen molar-refractivity contribution in [1.29, 1.82) is 5.26 Å². The summed E-state index contributed by atoms with van der Waals surface area (Å²) < 4.78 is 53.1. The molecule has 0 bridgehead atoms. The van der Waals surface area contributed by atoms with Gasteiger partial charge in [0.15, 0.2) is 0 Å². The van der Waals surface area contributed by atoms with E-state index in [1.165, 1.54) is 10.6 Å². The molecule has 168 valence electrons. The van der Waals surface area contributed by atoms with Gasteiger partial charge in [-0.25, -0.2) is 4.39 Å². The molecular formula is C20H15ClF4N4O3. The van der Waals surface area contributed by atoms with E-state index in [0.29, 0.717) is 19.9 Å². The van der Waals surface area contributed by atoms with Gasteiger partial charge in [0.2, 0.25) is 0 Å². The minimum Gasteiger partial charge on any atom is -0.339 e. The average Bonchev–Trinajstić information content (AvgIpc) is 3.27. The number of carbonyl (C=O) groups is 3. The van der Waals surface area contributed by atoms with Gasteiger partial charge in [-0.05, 0) is 38.0 Å². The molecule has 1 unspecified atom stereocenters. The molecule has 2 heterocycles. The molecule has 1 aromatic heterocycles. The zero-order valence-electron chi connectivity index (χ0n) is 16.4. The Morgan fingerprint density at radius 2 is 1.97 bits per heavy atom. The summed E-state index contributed by atoms with van der Waals surface area (Å²) in [5.74, 6) is -4.36. The summed E-state index contributed by atoms with van der Waals surface area (Å²) in [4.78, 5) is 37.6. The van der Waals surface area contributed by atoms with Gasteiger partial charge in [-0.15, -0.1) is 0 Å². The standard InChI is InChI=1S/C20H15ClF4N4O3/c1-9(20(23,24)25)27-19(32)17(30)14-13-3-2-6-29(13)16(15(14)21)18(31)28-11-4-5-12(22)10(7-11)8-26/h4-5,7,9H,2-3,6H2,1H3,(H,27,32)(H,28,31). The maximum absolute atomic E-state index is 13.5. The number of ketones is 1. The van der Waals surface area contributed by atoms with Gasteiger partial charge in [-0.1, -0.05) is 11.6 Å². The Kier molecular flexibility index (Phi) is 6.27. The number of fused-ring (bicyclic) bond motifs is 1. The van der Waals surface area contributed by atoms with E-state index in [1.807, 2.05) is 0 Å². The Labute approximate surface area is 183 Å². The summed E-state index contributed by atoms with van der Waals surface area (Å²) >= 11 is 6.24. The fourth-order valence-corrected chi connectivity index (χ4v) is 3.72. The molecule has 0 spiro atoms. The number of rotatable bonds is 5. The molecule has 1 aliphatic heterocycles. The number of carbonyl (C=O) groups excluding carboxylic acids is 3. The number of benzene rings is 1. The first kappa shape index (κ1) is 23.3. The monoisotopic (exact) mass is 470 g/mol. The number of nitrogens with one attached hydrogen (secondary N) is 2. The number of aromatic nitrogens is 1. The van der Waals surface area contributed by atoms with Crippen molar-refractivity contribution in [3.63, 3.8) is 0 Å². The van der Waals surface area contributed by atoms with Gasteiger partial charge in [0.05, 0.1) is 16.1 Å². The average molecular weight is 471 g/mol. The molecule has 2 N–H and O–H groups in total.